The van der Waals surface area contributed by atoms with E-state index in [0.29, 0.717) is 0 Å². The summed E-state index contributed by atoms with van der Waals surface area (Å²) in [5, 5.41) is 4.80. The Labute approximate surface area is 138 Å². The molecule has 0 fully saturated rings. The van der Waals surface area contributed by atoms with Gasteiger partial charge in [0, 0.05) is 47.5 Å². The van der Waals surface area contributed by atoms with Crippen molar-refractivity contribution in [2.24, 2.45) is 0 Å². The number of hydrogen-bond acceptors (Lipinski definition) is 2. The molecule has 0 saturated carbocycles. The molecule has 4 heterocycles. The van der Waals surface area contributed by atoms with Gasteiger partial charge in [-0.1, -0.05) is 0 Å². The Morgan fingerprint density at radius 3 is 2.71 bits per heavy atom. The summed E-state index contributed by atoms with van der Waals surface area (Å²) >= 11 is 0. The Hall–Kier alpha value is -2.95. The van der Waals surface area contributed by atoms with E-state index in [1.807, 2.05) is 16.7 Å². The van der Waals surface area contributed by atoms with Gasteiger partial charge < -0.3 is 4.40 Å². The lowest BCUT2D eigenvalue weighted by atomic mass is 9.99. The smallest absolute Gasteiger partial charge is 0.136 e. The summed E-state index contributed by atoms with van der Waals surface area (Å²) in [6.07, 6.45) is 7.96. The minimum Gasteiger partial charge on any atom is -0.306 e. The molecule has 0 aliphatic carbocycles. The summed E-state index contributed by atoms with van der Waals surface area (Å²) < 4.78 is 17.4. The van der Waals surface area contributed by atoms with Gasteiger partial charge in [0.15, 0.2) is 0 Å². The second-order valence-electron chi connectivity index (χ2n) is 6.11. The molecule has 3 aromatic heterocycles. The minimum absolute atomic E-state index is 0.230. The minimum atomic E-state index is -0.230. The fraction of sp³-hybridized carbons (Fsp3) is 0.158. The maximum atomic E-state index is 13.3. The fourth-order valence-corrected chi connectivity index (χ4v) is 3.51. The van der Waals surface area contributed by atoms with Crippen molar-refractivity contribution in [3.05, 3.63) is 66.5 Å². The van der Waals surface area contributed by atoms with Gasteiger partial charge >= 0.3 is 0 Å². The van der Waals surface area contributed by atoms with Crippen LogP contribution < -0.4 is 0 Å². The molecule has 24 heavy (non-hydrogen) atoms. The van der Waals surface area contributed by atoms with E-state index in [1.54, 1.807) is 18.3 Å². The summed E-state index contributed by atoms with van der Waals surface area (Å²) in [7, 11) is 0. The first-order valence-corrected chi connectivity index (χ1v) is 8.08. The first-order chi connectivity index (χ1) is 11.8. The summed E-state index contributed by atoms with van der Waals surface area (Å²) in [5.74, 6) is -0.230. The molecule has 0 atom stereocenters. The van der Waals surface area contributed by atoms with Gasteiger partial charge in [-0.2, -0.15) is 5.10 Å². The molecule has 1 aromatic carbocycles. The standard InChI is InChI=1S/C19H15FN4/c20-15-6-3-13(4-7-15)19-18(16-2-1-10-24(16)22-19)14-5-8-17-21-9-11-23(17)12-14/h3-9,11-12H,1-2,10H2. The van der Waals surface area contributed by atoms with E-state index in [0.717, 1.165) is 47.4 Å². The highest BCUT2D eigenvalue weighted by Gasteiger charge is 2.24. The van der Waals surface area contributed by atoms with Crippen LogP contribution in [0.25, 0.3) is 28.0 Å². The van der Waals surface area contributed by atoms with Crippen LogP contribution in [0.4, 0.5) is 4.39 Å². The van der Waals surface area contributed by atoms with Crippen molar-refractivity contribution in [2.45, 2.75) is 19.4 Å². The molecule has 0 bridgehead atoms. The second-order valence-corrected chi connectivity index (χ2v) is 6.11. The quantitative estimate of drug-likeness (QED) is 0.561. The third-order valence-electron chi connectivity index (χ3n) is 4.64. The van der Waals surface area contributed by atoms with Crippen LogP contribution in [-0.4, -0.2) is 19.2 Å². The Balaban J connectivity index is 1.75. The van der Waals surface area contributed by atoms with Crippen molar-refractivity contribution in [1.29, 1.82) is 0 Å². The predicted molar refractivity (Wildman–Crippen MR) is 90.1 cm³/mol. The molecule has 4 nitrogen and oxygen atoms in total. The van der Waals surface area contributed by atoms with Gasteiger partial charge in [0.1, 0.15) is 17.2 Å². The van der Waals surface area contributed by atoms with E-state index in [1.165, 1.54) is 17.8 Å². The second kappa shape index (κ2) is 5.03. The monoisotopic (exact) mass is 318 g/mol. The zero-order valence-electron chi connectivity index (χ0n) is 13.0. The van der Waals surface area contributed by atoms with Gasteiger partial charge in [-0.15, -0.1) is 0 Å². The Morgan fingerprint density at radius 2 is 1.83 bits per heavy atom. The van der Waals surface area contributed by atoms with Crippen molar-refractivity contribution >= 4 is 5.65 Å². The molecule has 118 valence electrons. The highest BCUT2D eigenvalue weighted by Crippen LogP contribution is 2.37. The first-order valence-electron chi connectivity index (χ1n) is 8.08. The lowest BCUT2D eigenvalue weighted by Crippen LogP contribution is -1.94. The average Bonchev–Trinajstić information content (AvgIpc) is 3.29. The third-order valence-corrected chi connectivity index (χ3v) is 4.64. The fourth-order valence-electron chi connectivity index (χ4n) is 3.51. The van der Waals surface area contributed by atoms with E-state index < -0.39 is 0 Å². The van der Waals surface area contributed by atoms with Gasteiger partial charge in [0.2, 0.25) is 0 Å². The largest absolute Gasteiger partial charge is 0.306 e. The topological polar surface area (TPSA) is 35.1 Å². The number of aromatic nitrogens is 4. The van der Waals surface area contributed by atoms with Crippen molar-refractivity contribution in [1.82, 2.24) is 19.2 Å². The van der Waals surface area contributed by atoms with Crippen LogP contribution in [-0.2, 0) is 13.0 Å². The number of pyridine rings is 1. The molecule has 0 amide bonds. The molecule has 0 N–H and O–H groups in total. The summed E-state index contributed by atoms with van der Waals surface area (Å²) in [6, 6.07) is 10.7. The molecule has 0 spiro atoms. The van der Waals surface area contributed by atoms with Crippen LogP contribution in [0.5, 0.6) is 0 Å². The van der Waals surface area contributed by atoms with Crippen molar-refractivity contribution in [2.75, 3.05) is 0 Å². The van der Waals surface area contributed by atoms with Crippen LogP contribution in [0, 0.1) is 5.82 Å². The predicted octanol–water partition coefficient (Wildman–Crippen LogP) is 3.95. The lowest BCUT2D eigenvalue weighted by molar-refractivity contribution is 0.628. The molecular weight excluding hydrogens is 303 g/mol. The van der Waals surface area contributed by atoms with Crippen LogP contribution >= 0.6 is 0 Å². The molecule has 1 aliphatic heterocycles. The van der Waals surface area contributed by atoms with Gasteiger partial charge in [-0.25, -0.2) is 9.37 Å². The molecular formula is C19H15FN4. The van der Waals surface area contributed by atoms with Gasteiger partial charge in [0.05, 0.1) is 0 Å². The Bertz CT molecular complexity index is 1040. The zero-order valence-corrected chi connectivity index (χ0v) is 13.0. The molecule has 0 unspecified atom stereocenters. The van der Waals surface area contributed by atoms with Crippen LogP contribution in [0.1, 0.15) is 12.1 Å². The van der Waals surface area contributed by atoms with Crippen molar-refractivity contribution < 1.29 is 4.39 Å². The molecule has 0 saturated heterocycles. The lowest BCUT2D eigenvalue weighted by Gasteiger charge is -2.06. The number of hydrogen-bond donors (Lipinski definition) is 0. The Morgan fingerprint density at radius 1 is 1.00 bits per heavy atom. The number of nitrogens with zero attached hydrogens (tertiary/aromatic N) is 4. The van der Waals surface area contributed by atoms with Gasteiger partial charge in [-0.3, -0.25) is 4.68 Å². The SMILES string of the molecule is Fc1ccc(-c2nn3c(c2-c2ccc4nccn4c2)CCC3)cc1. The number of benzene rings is 1. The Kier molecular flexibility index (Phi) is 2.82. The normalized spacial score (nSPS) is 13.5. The third kappa shape index (κ3) is 1.98. The maximum Gasteiger partial charge on any atom is 0.136 e. The van der Waals surface area contributed by atoms with Crippen molar-refractivity contribution in [3.8, 4) is 22.4 Å². The summed E-state index contributed by atoms with van der Waals surface area (Å²) in [5.41, 5.74) is 6.31. The number of fused-ring (bicyclic) bond motifs is 2. The van der Waals surface area contributed by atoms with E-state index in [2.05, 4.69) is 21.9 Å². The molecule has 4 aromatic rings. The molecule has 1 aliphatic rings. The van der Waals surface area contributed by atoms with Crippen LogP contribution in [0.15, 0.2) is 55.0 Å². The number of aryl methyl sites for hydroxylation is 1. The summed E-state index contributed by atoms with van der Waals surface area (Å²) in [6.45, 7) is 0.941. The van der Waals surface area contributed by atoms with E-state index in [-0.39, 0.29) is 5.82 Å². The highest BCUT2D eigenvalue weighted by atomic mass is 19.1. The van der Waals surface area contributed by atoms with Gasteiger partial charge in [-0.05, 0) is 49.2 Å². The maximum absolute atomic E-state index is 13.3. The molecule has 5 heteroatoms. The molecule has 0 radical (unpaired) electrons. The summed E-state index contributed by atoms with van der Waals surface area (Å²) in [4.78, 5) is 4.30. The van der Waals surface area contributed by atoms with E-state index in [9.17, 15) is 4.39 Å². The first kappa shape index (κ1) is 13.5. The zero-order chi connectivity index (χ0) is 16.1. The number of rotatable bonds is 2. The van der Waals surface area contributed by atoms with Gasteiger partial charge in [0.25, 0.3) is 0 Å². The molecule has 5 rings (SSSR count). The highest BCUT2D eigenvalue weighted by molar-refractivity contribution is 5.83. The van der Waals surface area contributed by atoms with Crippen molar-refractivity contribution in [3.63, 3.8) is 0 Å². The number of halogens is 1. The van der Waals surface area contributed by atoms with Crippen LogP contribution in [0.3, 0.4) is 0 Å². The van der Waals surface area contributed by atoms with E-state index in [4.69, 9.17) is 5.10 Å². The van der Waals surface area contributed by atoms with E-state index >= 15 is 0 Å². The number of imidazole rings is 1. The van der Waals surface area contributed by atoms with Crippen LogP contribution in [0.2, 0.25) is 0 Å². The average molecular weight is 318 g/mol.